The number of H-pyrrole nitrogens is 1. The number of aromatic amines is 1. The van der Waals surface area contributed by atoms with Crippen LogP contribution in [0, 0.1) is 5.92 Å². The Hall–Kier alpha value is -3.35. The molecule has 0 spiro atoms. The second-order valence-corrected chi connectivity index (χ2v) is 8.01. The fraction of sp³-hybridized carbons (Fsp3) is 0.318. The number of ether oxygens (including phenoxy) is 1. The van der Waals surface area contributed by atoms with Crippen LogP contribution < -0.4 is 10.2 Å². The van der Waals surface area contributed by atoms with Gasteiger partial charge < -0.3 is 14.4 Å². The predicted molar refractivity (Wildman–Crippen MR) is 107 cm³/mol. The van der Waals surface area contributed by atoms with Crippen molar-refractivity contribution < 1.29 is 14.6 Å². The quantitative estimate of drug-likeness (QED) is 0.714. The zero-order chi connectivity index (χ0) is 20.3. The summed E-state index contributed by atoms with van der Waals surface area (Å²) in [6, 6.07) is 3.59. The molecule has 1 unspecified atom stereocenters. The topological polar surface area (TPSA) is 97.2 Å². The third-order valence-electron chi connectivity index (χ3n) is 6.03. The SMILES string of the molecule is CC(C)C1Cc2c(cc(-c3cn[nH]c3)c3c2CCO3)-c2cc(=O)c(C(=O)O)cn21. The van der Waals surface area contributed by atoms with Gasteiger partial charge in [-0.2, -0.15) is 5.10 Å². The number of carboxylic acid groups (broad SMARTS) is 1. The summed E-state index contributed by atoms with van der Waals surface area (Å²) in [5, 5.41) is 16.3. The highest BCUT2D eigenvalue weighted by Crippen LogP contribution is 2.47. The molecule has 2 aromatic heterocycles. The summed E-state index contributed by atoms with van der Waals surface area (Å²) in [5.41, 5.74) is 5.32. The molecule has 148 valence electrons. The van der Waals surface area contributed by atoms with Gasteiger partial charge in [0.25, 0.3) is 0 Å². The maximum atomic E-state index is 12.5. The second-order valence-electron chi connectivity index (χ2n) is 8.01. The third kappa shape index (κ3) is 2.61. The van der Waals surface area contributed by atoms with Crippen LogP contribution in [0.5, 0.6) is 5.75 Å². The standard InChI is InChI=1S/C22H21N3O4/c1-11(2)18-6-15-13-3-4-29-21(13)14(12-8-23-24-9-12)5-16(15)19-7-20(26)17(22(27)28)10-25(18)19/h5,7-11,18H,3-4,6H2,1-2H3,(H,23,24)(H,27,28). The van der Waals surface area contributed by atoms with Crippen molar-refractivity contribution in [3.8, 4) is 28.1 Å². The summed E-state index contributed by atoms with van der Waals surface area (Å²) >= 11 is 0. The van der Waals surface area contributed by atoms with Crippen molar-refractivity contribution in [1.29, 1.82) is 0 Å². The highest BCUT2D eigenvalue weighted by molar-refractivity contribution is 5.88. The monoisotopic (exact) mass is 391 g/mol. The number of benzene rings is 1. The summed E-state index contributed by atoms with van der Waals surface area (Å²) in [7, 11) is 0. The van der Waals surface area contributed by atoms with Crippen molar-refractivity contribution >= 4 is 5.97 Å². The van der Waals surface area contributed by atoms with Gasteiger partial charge in [0.05, 0.1) is 18.5 Å². The molecule has 2 N–H and O–H groups in total. The summed E-state index contributed by atoms with van der Waals surface area (Å²) in [6.45, 7) is 4.87. The fourth-order valence-corrected chi connectivity index (χ4v) is 4.58. The van der Waals surface area contributed by atoms with E-state index < -0.39 is 11.4 Å². The fourth-order valence-electron chi connectivity index (χ4n) is 4.58. The van der Waals surface area contributed by atoms with Gasteiger partial charge in [0, 0.05) is 53.2 Å². The minimum Gasteiger partial charge on any atom is -0.492 e. The summed E-state index contributed by atoms with van der Waals surface area (Å²) in [6.07, 6.45) is 6.69. The van der Waals surface area contributed by atoms with E-state index in [1.807, 2.05) is 16.8 Å². The van der Waals surface area contributed by atoms with Gasteiger partial charge in [0.1, 0.15) is 11.3 Å². The molecule has 0 amide bonds. The van der Waals surface area contributed by atoms with E-state index in [4.69, 9.17) is 4.74 Å². The van der Waals surface area contributed by atoms with E-state index in [0.29, 0.717) is 6.61 Å². The van der Waals surface area contributed by atoms with E-state index in [0.717, 1.165) is 41.0 Å². The minimum absolute atomic E-state index is 0.0701. The van der Waals surface area contributed by atoms with E-state index >= 15 is 0 Å². The zero-order valence-electron chi connectivity index (χ0n) is 16.2. The molecule has 0 radical (unpaired) electrons. The number of hydrogen-bond acceptors (Lipinski definition) is 4. The van der Waals surface area contributed by atoms with Crippen LogP contribution >= 0.6 is 0 Å². The Balaban J connectivity index is 1.83. The van der Waals surface area contributed by atoms with Crippen molar-refractivity contribution in [2.45, 2.75) is 32.7 Å². The number of hydrogen-bond donors (Lipinski definition) is 2. The number of carboxylic acids is 1. The number of pyridine rings is 1. The van der Waals surface area contributed by atoms with Crippen LogP contribution in [0.1, 0.15) is 41.4 Å². The highest BCUT2D eigenvalue weighted by atomic mass is 16.5. The Morgan fingerprint density at radius 1 is 1.31 bits per heavy atom. The van der Waals surface area contributed by atoms with E-state index in [1.165, 1.54) is 23.4 Å². The van der Waals surface area contributed by atoms with Gasteiger partial charge in [0.15, 0.2) is 5.43 Å². The van der Waals surface area contributed by atoms with Gasteiger partial charge in [-0.05, 0) is 24.0 Å². The number of nitrogens with one attached hydrogen (secondary N) is 1. The molecule has 0 bridgehead atoms. The first-order chi connectivity index (χ1) is 14.0. The lowest BCUT2D eigenvalue weighted by Gasteiger charge is -2.34. The Morgan fingerprint density at radius 2 is 2.14 bits per heavy atom. The van der Waals surface area contributed by atoms with Gasteiger partial charge in [0.2, 0.25) is 0 Å². The van der Waals surface area contributed by atoms with Crippen molar-refractivity contribution in [2.75, 3.05) is 6.61 Å². The molecular formula is C22H21N3O4. The molecule has 7 nitrogen and oxygen atoms in total. The first-order valence-electron chi connectivity index (χ1n) is 9.76. The van der Waals surface area contributed by atoms with Gasteiger partial charge in [-0.3, -0.25) is 9.89 Å². The van der Waals surface area contributed by atoms with Crippen molar-refractivity contribution in [2.24, 2.45) is 5.92 Å². The van der Waals surface area contributed by atoms with E-state index in [9.17, 15) is 14.7 Å². The minimum atomic E-state index is -1.19. The van der Waals surface area contributed by atoms with Crippen LogP contribution in [-0.2, 0) is 12.8 Å². The maximum Gasteiger partial charge on any atom is 0.341 e. The molecule has 2 aliphatic heterocycles. The molecule has 3 aromatic rings. The van der Waals surface area contributed by atoms with Crippen LogP contribution in [0.4, 0.5) is 0 Å². The third-order valence-corrected chi connectivity index (χ3v) is 6.03. The van der Waals surface area contributed by atoms with Crippen LogP contribution in [0.25, 0.3) is 22.4 Å². The molecule has 0 aliphatic carbocycles. The second kappa shape index (κ2) is 6.34. The molecule has 29 heavy (non-hydrogen) atoms. The lowest BCUT2D eigenvalue weighted by atomic mass is 9.82. The number of rotatable bonds is 3. The lowest BCUT2D eigenvalue weighted by Crippen LogP contribution is -2.28. The zero-order valence-corrected chi connectivity index (χ0v) is 16.2. The summed E-state index contributed by atoms with van der Waals surface area (Å²) < 4.78 is 7.96. The molecule has 0 saturated heterocycles. The molecule has 0 saturated carbocycles. The highest BCUT2D eigenvalue weighted by Gasteiger charge is 2.33. The Labute approximate surface area is 167 Å². The number of fused-ring (bicyclic) bond motifs is 5. The number of carbonyl (C=O) groups is 1. The van der Waals surface area contributed by atoms with E-state index in [1.54, 1.807) is 6.20 Å². The molecule has 4 heterocycles. The normalized spacial score (nSPS) is 16.9. The number of nitrogens with zero attached hydrogens (tertiary/aromatic N) is 2. The average molecular weight is 391 g/mol. The first-order valence-corrected chi connectivity index (χ1v) is 9.76. The van der Waals surface area contributed by atoms with Crippen LogP contribution in [0.3, 0.4) is 0 Å². The molecule has 0 fully saturated rings. The van der Waals surface area contributed by atoms with Crippen LogP contribution in [0.15, 0.2) is 35.5 Å². The van der Waals surface area contributed by atoms with E-state index in [-0.39, 0.29) is 17.5 Å². The Morgan fingerprint density at radius 3 is 2.83 bits per heavy atom. The van der Waals surface area contributed by atoms with Crippen molar-refractivity contribution in [3.05, 3.63) is 57.6 Å². The van der Waals surface area contributed by atoms with Crippen molar-refractivity contribution in [3.63, 3.8) is 0 Å². The van der Waals surface area contributed by atoms with Crippen LogP contribution in [-0.4, -0.2) is 32.4 Å². The molecule has 1 atom stereocenters. The van der Waals surface area contributed by atoms with Gasteiger partial charge in [-0.1, -0.05) is 13.8 Å². The van der Waals surface area contributed by atoms with Gasteiger partial charge in [-0.15, -0.1) is 0 Å². The first kappa shape index (κ1) is 17.7. The number of aromatic nitrogens is 3. The van der Waals surface area contributed by atoms with Crippen LogP contribution in [0.2, 0.25) is 0 Å². The Kier molecular flexibility index (Phi) is 3.87. The average Bonchev–Trinajstić information content (AvgIpc) is 3.38. The van der Waals surface area contributed by atoms with Crippen molar-refractivity contribution in [1.82, 2.24) is 14.8 Å². The molecule has 7 heteroatoms. The Bertz CT molecular complexity index is 1190. The largest absolute Gasteiger partial charge is 0.492 e. The summed E-state index contributed by atoms with van der Waals surface area (Å²) in [4.78, 5) is 24.1. The lowest BCUT2D eigenvalue weighted by molar-refractivity contribution is 0.0694. The predicted octanol–water partition coefficient (Wildman–Crippen LogP) is 3.29. The molecule has 2 aliphatic rings. The number of aromatic carboxylic acids is 1. The molecule has 5 rings (SSSR count). The van der Waals surface area contributed by atoms with E-state index in [2.05, 4.69) is 24.0 Å². The smallest absolute Gasteiger partial charge is 0.341 e. The van der Waals surface area contributed by atoms with Gasteiger partial charge in [-0.25, -0.2) is 4.79 Å². The van der Waals surface area contributed by atoms with Gasteiger partial charge >= 0.3 is 5.97 Å². The molecule has 1 aromatic carbocycles. The maximum absolute atomic E-state index is 12.5. The summed E-state index contributed by atoms with van der Waals surface area (Å²) in [5.74, 6) is -0.0248. The molecular weight excluding hydrogens is 370 g/mol.